The van der Waals surface area contributed by atoms with Gasteiger partial charge in [-0.3, -0.25) is 14.5 Å². The Labute approximate surface area is 160 Å². The van der Waals surface area contributed by atoms with Gasteiger partial charge in [0.2, 0.25) is 0 Å². The van der Waals surface area contributed by atoms with Crippen LogP contribution in [0.1, 0.15) is 43.1 Å². The maximum absolute atomic E-state index is 12.5. The Morgan fingerprint density at radius 1 is 1.25 bits per heavy atom. The molecule has 0 bridgehead atoms. The number of hydrogen-bond acceptors (Lipinski definition) is 8. The topological polar surface area (TPSA) is 128 Å². The summed E-state index contributed by atoms with van der Waals surface area (Å²) in [5.74, 6) is 0.631. The fourth-order valence-corrected chi connectivity index (χ4v) is 3.72. The number of nitrogens with zero attached hydrogens (tertiary/aromatic N) is 3. The maximum atomic E-state index is 12.5. The molecule has 1 saturated carbocycles. The van der Waals surface area contributed by atoms with Crippen molar-refractivity contribution in [3.05, 3.63) is 23.5 Å². The standard InChI is InChI=1S/C18H20N4O6/c1-10-7-12(11(2)27-10)15-21-20-13(28-15)9-26-14(23)8-22-16(24)18(19-17(22)25)5-3-4-6-18/h7H,3-6,8-9H2,1-2H3,(H,19,25). The average Bonchev–Trinajstić information content (AvgIpc) is 3.40. The minimum atomic E-state index is -0.848. The van der Waals surface area contributed by atoms with Gasteiger partial charge in [0.05, 0.1) is 5.56 Å². The van der Waals surface area contributed by atoms with Crippen LogP contribution in [0.3, 0.4) is 0 Å². The van der Waals surface area contributed by atoms with Gasteiger partial charge in [-0.05, 0) is 32.8 Å². The first-order chi connectivity index (χ1) is 13.4. The van der Waals surface area contributed by atoms with E-state index in [0.717, 1.165) is 17.7 Å². The molecule has 28 heavy (non-hydrogen) atoms. The fourth-order valence-electron chi connectivity index (χ4n) is 3.72. The van der Waals surface area contributed by atoms with Crippen LogP contribution in [0.4, 0.5) is 4.79 Å². The number of rotatable bonds is 5. The molecule has 1 saturated heterocycles. The van der Waals surface area contributed by atoms with Crippen LogP contribution in [-0.2, 0) is 20.9 Å². The summed E-state index contributed by atoms with van der Waals surface area (Å²) in [5.41, 5.74) is -0.178. The largest absolute Gasteiger partial charge is 0.466 e. The molecule has 148 valence electrons. The summed E-state index contributed by atoms with van der Waals surface area (Å²) in [6.45, 7) is 2.88. The number of furan rings is 1. The first-order valence-electron chi connectivity index (χ1n) is 9.07. The van der Waals surface area contributed by atoms with Crippen LogP contribution < -0.4 is 5.32 Å². The van der Waals surface area contributed by atoms with Crippen molar-refractivity contribution >= 4 is 17.9 Å². The van der Waals surface area contributed by atoms with E-state index in [-0.39, 0.29) is 24.3 Å². The molecule has 4 rings (SSSR count). The number of aromatic nitrogens is 2. The number of esters is 1. The highest BCUT2D eigenvalue weighted by Crippen LogP contribution is 2.35. The predicted octanol–water partition coefficient (Wildman–Crippen LogP) is 1.85. The molecule has 10 nitrogen and oxygen atoms in total. The highest BCUT2D eigenvalue weighted by molar-refractivity contribution is 6.08. The van der Waals surface area contributed by atoms with Crippen molar-refractivity contribution in [2.45, 2.75) is 51.7 Å². The van der Waals surface area contributed by atoms with Crippen LogP contribution in [0.15, 0.2) is 14.9 Å². The maximum Gasteiger partial charge on any atom is 0.326 e. The minimum absolute atomic E-state index is 0.103. The van der Waals surface area contributed by atoms with Gasteiger partial charge in [0.15, 0.2) is 6.61 Å². The normalized spacial score (nSPS) is 18.1. The number of amides is 3. The molecule has 0 aromatic carbocycles. The third-order valence-electron chi connectivity index (χ3n) is 5.09. The second-order valence-corrected chi connectivity index (χ2v) is 7.10. The second kappa shape index (κ2) is 6.77. The molecule has 0 atom stereocenters. The summed E-state index contributed by atoms with van der Waals surface area (Å²) in [6, 6.07) is 1.21. The number of aryl methyl sites for hydroxylation is 2. The molecule has 1 spiro atoms. The Hall–Kier alpha value is -3.17. The zero-order valence-electron chi connectivity index (χ0n) is 15.6. The number of nitrogens with one attached hydrogen (secondary N) is 1. The van der Waals surface area contributed by atoms with Gasteiger partial charge in [-0.1, -0.05) is 12.8 Å². The quantitative estimate of drug-likeness (QED) is 0.607. The van der Waals surface area contributed by atoms with E-state index in [2.05, 4.69) is 15.5 Å². The van der Waals surface area contributed by atoms with E-state index in [9.17, 15) is 14.4 Å². The molecule has 1 aliphatic heterocycles. The molecule has 1 N–H and O–H groups in total. The first kappa shape index (κ1) is 18.2. The summed E-state index contributed by atoms with van der Waals surface area (Å²) in [5, 5.41) is 10.5. The zero-order valence-corrected chi connectivity index (χ0v) is 15.6. The third-order valence-corrected chi connectivity index (χ3v) is 5.09. The molecule has 2 aromatic rings. The molecule has 3 heterocycles. The van der Waals surface area contributed by atoms with E-state index in [0.29, 0.717) is 29.9 Å². The lowest BCUT2D eigenvalue weighted by Gasteiger charge is -2.19. The monoisotopic (exact) mass is 388 g/mol. The van der Waals surface area contributed by atoms with E-state index >= 15 is 0 Å². The summed E-state index contributed by atoms with van der Waals surface area (Å²) >= 11 is 0. The van der Waals surface area contributed by atoms with Crippen LogP contribution in [0.25, 0.3) is 11.5 Å². The van der Waals surface area contributed by atoms with Gasteiger partial charge in [0.25, 0.3) is 17.7 Å². The number of imide groups is 1. The van der Waals surface area contributed by atoms with Crippen LogP contribution in [0.5, 0.6) is 0 Å². The first-order valence-corrected chi connectivity index (χ1v) is 9.07. The number of carbonyl (C=O) groups is 3. The Morgan fingerprint density at radius 2 is 2.00 bits per heavy atom. The van der Waals surface area contributed by atoms with Crippen LogP contribution in [-0.4, -0.2) is 45.1 Å². The van der Waals surface area contributed by atoms with Crippen LogP contribution in [0.2, 0.25) is 0 Å². The van der Waals surface area contributed by atoms with Crippen molar-refractivity contribution < 1.29 is 28.0 Å². The number of ether oxygens (including phenoxy) is 1. The van der Waals surface area contributed by atoms with Gasteiger partial charge >= 0.3 is 12.0 Å². The lowest BCUT2D eigenvalue weighted by Crippen LogP contribution is -2.44. The van der Waals surface area contributed by atoms with Gasteiger partial charge in [-0.15, -0.1) is 10.2 Å². The lowest BCUT2D eigenvalue weighted by atomic mass is 9.98. The van der Waals surface area contributed by atoms with Gasteiger partial charge < -0.3 is 18.9 Å². The van der Waals surface area contributed by atoms with Crippen molar-refractivity contribution in [3.63, 3.8) is 0 Å². The predicted molar refractivity (Wildman–Crippen MR) is 92.7 cm³/mol. The van der Waals surface area contributed by atoms with Gasteiger partial charge in [-0.25, -0.2) is 4.79 Å². The zero-order chi connectivity index (χ0) is 19.9. The van der Waals surface area contributed by atoms with Crippen molar-refractivity contribution in [2.75, 3.05) is 6.54 Å². The Bertz CT molecular complexity index is 940. The fraction of sp³-hybridized carbons (Fsp3) is 0.500. The molecule has 2 fully saturated rings. The Morgan fingerprint density at radius 3 is 2.68 bits per heavy atom. The minimum Gasteiger partial charge on any atom is -0.466 e. The van der Waals surface area contributed by atoms with Crippen molar-refractivity contribution in [1.82, 2.24) is 20.4 Å². The molecular weight excluding hydrogens is 368 g/mol. The lowest BCUT2D eigenvalue weighted by molar-refractivity contribution is -0.149. The highest BCUT2D eigenvalue weighted by atomic mass is 16.5. The van der Waals surface area contributed by atoms with Gasteiger partial charge in [0, 0.05) is 0 Å². The highest BCUT2D eigenvalue weighted by Gasteiger charge is 2.52. The van der Waals surface area contributed by atoms with Gasteiger partial charge in [0.1, 0.15) is 23.6 Å². The summed E-state index contributed by atoms with van der Waals surface area (Å²) in [4.78, 5) is 37.6. The molecule has 1 aliphatic carbocycles. The van der Waals surface area contributed by atoms with E-state index in [1.54, 1.807) is 19.9 Å². The summed E-state index contributed by atoms with van der Waals surface area (Å²) in [6.07, 6.45) is 2.94. The van der Waals surface area contributed by atoms with Crippen molar-refractivity contribution in [3.8, 4) is 11.5 Å². The smallest absolute Gasteiger partial charge is 0.326 e. The molecule has 2 aliphatic rings. The van der Waals surface area contributed by atoms with Crippen molar-refractivity contribution in [2.24, 2.45) is 0 Å². The Balaban J connectivity index is 1.35. The number of hydrogen-bond donors (Lipinski definition) is 1. The Kier molecular flexibility index (Phi) is 4.40. The van der Waals surface area contributed by atoms with E-state index in [1.807, 2.05) is 0 Å². The SMILES string of the molecule is Cc1cc(-c2nnc(COC(=O)CN3C(=O)NC4(CCCC4)C3=O)o2)c(C)o1. The molecule has 0 unspecified atom stereocenters. The molecule has 10 heteroatoms. The summed E-state index contributed by atoms with van der Waals surface area (Å²) < 4.78 is 16.0. The van der Waals surface area contributed by atoms with Gasteiger partial charge in [-0.2, -0.15) is 0 Å². The summed E-state index contributed by atoms with van der Waals surface area (Å²) in [7, 11) is 0. The number of urea groups is 1. The van der Waals surface area contributed by atoms with Crippen LogP contribution in [0, 0.1) is 13.8 Å². The molecular formula is C18H20N4O6. The second-order valence-electron chi connectivity index (χ2n) is 7.10. The molecule has 2 aromatic heterocycles. The number of carbonyl (C=O) groups excluding carboxylic acids is 3. The molecule has 0 radical (unpaired) electrons. The average molecular weight is 388 g/mol. The molecule has 3 amide bonds. The van der Waals surface area contributed by atoms with Crippen LogP contribution >= 0.6 is 0 Å². The van der Waals surface area contributed by atoms with E-state index < -0.39 is 24.1 Å². The third kappa shape index (κ3) is 3.14. The van der Waals surface area contributed by atoms with E-state index in [1.165, 1.54) is 0 Å². The van der Waals surface area contributed by atoms with E-state index in [4.69, 9.17) is 13.6 Å². The van der Waals surface area contributed by atoms with Crippen molar-refractivity contribution in [1.29, 1.82) is 0 Å².